The SMILES string of the molecule is CC/C(C)=C(\S/C(NC)=C(\C)CC)c1ccccc1C. The van der Waals surface area contributed by atoms with Gasteiger partial charge in [0.25, 0.3) is 0 Å². The van der Waals surface area contributed by atoms with E-state index in [1.807, 2.05) is 18.8 Å². The standard InChI is InChI=1S/C18H27NS/c1-7-13(3)17(16-12-10-9-11-15(16)5)20-18(19-6)14(4)8-2/h9-12,19H,7-8H2,1-6H3/b17-13-,18-14+. The molecular formula is C18H27NS. The molecule has 0 atom stereocenters. The summed E-state index contributed by atoms with van der Waals surface area (Å²) >= 11 is 1.87. The van der Waals surface area contributed by atoms with Gasteiger partial charge in [-0.1, -0.05) is 55.4 Å². The van der Waals surface area contributed by atoms with Crippen molar-refractivity contribution in [1.82, 2.24) is 5.32 Å². The van der Waals surface area contributed by atoms with Crippen LogP contribution in [0.25, 0.3) is 4.91 Å². The Hall–Kier alpha value is -1.15. The topological polar surface area (TPSA) is 12.0 Å². The Morgan fingerprint density at radius 2 is 1.65 bits per heavy atom. The molecule has 0 unspecified atom stereocenters. The summed E-state index contributed by atoms with van der Waals surface area (Å²) in [5.74, 6) is 0. The van der Waals surface area contributed by atoms with Crippen LogP contribution in [0.15, 0.2) is 40.4 Å². The Kier molecular flexibility index (Phi) is 6.94. The highest BCUT2D eigenvalue weighted by Gasteiger charge is 2.12. The number of benzene rings is 1. The smallest absolute Gasteiger partial charge is 0.0716 e. The van der Waals surface area contributed by atoms with Crippen LogP contribution in [0, 0.1) is 6.92 Å². The summed E-state index contributed by atoms with van der Waals surface area (Å²) < 4.78 is 0. The van der Waals surface area contributed by atoms with Gasteiger partial charge < -0.3 is 5.32 Å². The molecule has 0 bridgehead atoms. The van der Waals surface area contributed by atoms with Crippen LogP contribution >= 0.6 is 11.8 Å². The van der Waals surface area contributed by atoms with Crippen molar-refractivity contribution in [3.05, 3.63) is 51.6 Å². The minimum atomic E-state index is 1.08. The highest BCUT2D eigenvalue weighted by Crippen LogP contribution is 2.38. The maximum atomic E-state index is 3.36. The first-order valence-corrected chi connectivity index (χ1v) is 8.17. The van der Waals surface area contributed by atoms with Gasteiger partial charge in [0, 0.05) is 12.0 Å². The zero-order chi connectivity index (χ0) is 15.1. The van der Waals surface area contributed by atoms with Crippen LogP contribution in [0.1, 0.15) is 51.7 Å². The predicted octanol–water partition coefficient (Wildman–Crippen LogP) is 5.73. The fraction of sp³-hybridized carbons (Fsp3) is 0.444. The van der Waals surface area contributed by atoms with Crippen molar-refractivity contribution in [2.24, 2.45) is 0 Å². The zero-order valence-corrected chi connectivity index (χ0v) is 14.4. The fourth-order valence-electron chi connectivity index (χ4n) is 1.97. The molecule has 1 aromatic carbocycles. The van der Waals surface area contributed by atoms with Crippen LogP contribution in [0.3, 0.4) is 0 Å². The minimum Gasteiger partial charge on any atom is -0.383 e. The molecule has 1 aromatic rings. The lowest BCUT2D eigenvalue weighted by Gasteiger charge is -2.17. The van der Waals surface area contributed by atoms with Crippen LogP contribution in [-0.2, 0) is 0 Å². The van der Waals surface area contributed by atoms with Crippen LogP contribution < -0.4 is 5.32 Å². The molecule has 110 valence electrons. The molecule has 0 amide bonds. The number of hydrogen-bond acceptors (Lipinski definition) is 2. The number of nitrogens with one attached hydrogen (secondary N) is 1. The van der Waals surface area contributed by atoms with E-state index < -0.39 is 0 Å². The summed E-state index contributed by atoms with van der Waals surface area (Å²) in [7, 11) is 2.01. The molecule has 2 heteroatoms. The zero-order valence-electron chi connectivity index (χ0n) is 13.6. The molecule has 0 saturated heterocycles. The Morgan fingerprint density at radius 1 is 1.05 bits per heavy atom. The van der Waals surface area contributed by atoms with Crippen molar-refractivity contribution < 1.29 is 0 Å². The van der Waals surface area contributed by atoms with Gasteiger partial charge in [-0.05, 0) is 50.3 Å². The van der Waals surface area contributed by atoms with E-state index in [2.05, 4.69) is 64.2 Å². The van der Waals surface area contributed by atoms with Crippen molar-refractivity contribution in [2.75, 3.05) is 7.05 Å². The third-order valence-corrected chi connectivity index (χ3v) is 5.19. The molecule has 1 rings (SSSR count). The van der Waals surface area contributed by atoms with Gasteiger partial charge in [0.05, 0.1) is 5.03 Å². The van der Waals surface area contributed by atoms with E-state index in [-0.39, 0.29) is 0 Å². The van der Waals surface area contributed by atoms with Gasteiger partial charge in [-0.3, -0.25) is 0 Å². The second-order valence-electron chi connectivity index (χ2n) is 5.09. The molecule has 1 N–H and O–H groups in total. The summed E-state index contributed by atoms with van der Waals surface area (Å²) in [4.78, 5) is 1.39. The van der Waals surface area contributed by atoms with Crippen molar-refractivity contribution in [3.8, 4) is 0 Å². The van der Waals surface area contributed by atoms with E-state index in [1.54, 1.807) is 0 Å². The quantitative estimate of drug-likeness (QED) is 0.717. The normalized spacial score (nSPS) is 13.7. The van der Waals surface area contributed by atoms with Gasteiger partial charge in [-0.15, -0.1) is 0 Å². The first kappa shape index (κ1) is 16.9. The summed E-state index contributed by atoms with van der Waals surface area (Å²) in [5, 5.41) is 4.64. The Bertz CT molecular complexity index is 512. The van der Waals surface area contributed by atoms with E-state index in [4.69, 9.17) is 0 Å². The van der Waals surface area contributed by atoms with E-state index in [0.717, 1.165) is 12.8 Å². The number of allylic oxidation sites excluding steroid dienone is 2. The average Bonchev–Trinajstić information content (AvgIpc) is 2.48. The number of hydrogen-bond donors (Lipinski definition) is 1. The van der Waals surface area contributed by atoms with Gasteiger partial charge in [0.1, 0.15) is 0 Å². The van der Waals surface area contributed by atoms with Crippen LogP contribution in [-0.4, -0.2) is 7.05 Å². The van der Waals surface area contributed by atoms with E-state index in [0.29, 0.717) is 0 Å². The van der Waals surface area contributed by atoms with E-state index in [9.17, 15) is 0 Å². The monoisotopic (exact) mass is 289 g/mol. The van der Waals surface area contributed by atoms with Crippen molar-refractivity contribution in [1.29, 1.82) is 0 Å². The molecule has 1 nitrogen and oxygen atoms in total. The lowest BCUT2D eigenvalue weighted by molar-refractivity contribution is 0.992. The molecule has 0 saturated carbocycles. The first-order valence-electron chi connectivity index (χ1n) is 7.36. The molecular weight excluding hydrogens is 262 g/mol. The van der Waals surface area contributed by atoms with Gasteiger partial charge in [-0.2, -0.15) is 0 Å². The van der Waals surface area contributed by atoms with Gasteiger partial charge in [0.2, 0.25) is 0 Å². The lowest BCUT2D eigenvalue weighted by atomic mass is 10.0. The first-order chi connectivity index (χ1) is 9.54. The van der Waals surface area contributed by atoms with Crippen LogP contribution in [0.5, 0.6) is 0 Å². The van der Waals surface area contributed by atoms with Gasteiger partial charge in [0.15, 0.2) is 0 Å². The summed E-state index contributed by atoms with van der Waals surface area (Å²) in [6.45, 7) is 11.1. The Labute approximate surface area is 128 Å². The average molecular weight is 289 g/mol. The molecule has 0 aliphatic heterocycles. The molecule has 0 spiro atoms. The second kappa shape index (κ2) is 8.21. The van der Waals surface area contributed by atoms with E-state index >= 15 is 0 Å². The predicted molar refractivity (Wildman–Crippen MR) is 93.7 cm³/mol. The number of aryl methyl sites for hydroxylation is 1. The van der Waals surface area contributed by atoms with Gasteiger partial charge in [-0.25, -0.2) is 0 Å². The second-order valence-corrected chi connectivity index (χ2v) is 6.11. The van der Waals surface area contributed by atoms with E-state index in [1.165, 1.54) is 32.2 Å². The van der Waals surface area contributed by atoms with Crippen LogP contribution in [0.2, 0.25) is 0 Å². The molecule has 20 heavy (non-hydrogen) atoms. The maximum absolute atomic E-state index is 3.36. The Balaban J connectivity index is 3.27. The highest BCUT2D eigenvalue weighted by molar-refractivity contribution is 8.11. The lowest BCUT2D eigenvalue weighted by Crippen LogP contribution is -2.05. The number of thioether (sulfide) groups is 1. The van der Waals surface area contributed by atoms with Gasteiger partial charge >= 0.3 is 0 Å². The summed E-state index contributed by atoms with van der Waals surface area (Å²) in [6, 6.07) is 8.65. The molecule has 0 radical (unpaired) electrons. The third-order valence-electron chi connectivity index (χ3n) is 3.66. The van der Waals surface area contributed by atoms with Crippen molar-refractivity contribution in [2.45, 2.75) is 47.5 Å². The fourth-order valence-corrected chi connectivity index (χ4v) is 3.26. The highest BCUT2D eigenvalue weighted by atomic mass is 32.2. The maximum Gasteiger partial charge on any atom is 0.0716 e. The third kappa shape index (κ3) is 4.17. The largest absolute Gasteiger partial charge is 0.383 e. The van der Waals surface area contributed by atoms with Crippen LogP contribution in [0.4, 0.5) is 0 Å². The minimum absolute atomic E-state index is 1.08. The molecule has 0 heterocycles. The Morgan fingerprint density at radius 3 is 2.15 bits per heavy atom. The van der Waals surface area contributed by atoms with Crippen molar-refractivity contribution in [3.63, 3.8) is 0 Å². The molecule has 0 aliphatic carbocycles. The number of rotatable bonds is 6. The molecule has 0 fully saturated rings. The molecule has 0 aliphatic rings. The van der Waals surface area contributed by atoms with Crippen molar-refractivity contribution >= 4 is 16.7 Å². The molecule has 0 aromatic heterocycles. The summed E-state index contributed by atoms with van der Waals surface area (Å²) in [5.41, 5.74) is 5.55. The summed E-state index contributed by atoms with van der Waals surface area (Å²) in [6.07, 6.45) is 2.16.